The number of nitrogens with zero attached hydrogens (tertiary/aromatic N) is 1. The van der Waals surface area contributed by atoms with E-state index in [0.29, 0.717) is 5.69 Å². The van der Waals surface area contributed by atoms with E-state index >= 15 is 0 Å². The van der Waals surface area contributed by atoms with Gasteiger partial charge in [0.1, 0.15) is 17.3 Å². The summed E-state index contributed by atoms with van der Waals surface area (Å²) in [6.45, 7) is 4.20. The van der Waals surface area contributed by atoms with E-state index in [1.165, 1.54) is 20.8 Å². The second-order valence-corrected chi connectivity index (χ2v) is 5.96. The van der Waals surface area contributed by atoms with E-state index in [9.17, 15) is 19.5 Å². The fraction of sp³-hybridized carbons (Fsp3) is 0.500. The van der Waals surface area contributed by atoms with Gasteiger partial charge >= 0.3 is 0 Å². The number of aromatic nitrogens is 1. The molecule has 1 saturated carbocycles. The molecule has 1 N–H and O–H groups in total. The molecule has 0 saturated heterocycles. The molecular formula is C16H19NO4. The lowest BCUT2D eigenvalue weighted by Gasteiger charge is -2.43. The van der Waals surface area contributed by atoms with Crippen LogP contribution in [0.3, 0.4) is 0 Å². The van der Waals surface area contributed by atoms with Crippen LogP contribution >= 0.6 is 0 Å². The second kappa shape index (κ2) is 5.48. The topological polar surface area (TPSA) is 84.3 Å². The Morgan fingerprint density at radius 3 is 2.43 bits per heavy atom. The SMILES string of the molecule is CC(=O)[C@@H]1C(=O)C[C@](C)(O)[C@H](C(C)=O)[C@H]1c1ccccn1. The summed E-state index contributed by atoms with van der Waals surface area (Å²) in [4.78, 5) is 40.5. The zero-order valence-electron chi connectivity index (χ0n) is 12.4. The van der Waals surface area contributed by atoms with Crippen molar-refractivity contribution in [2.45, 2.75) is 38.7 Å². The highest BCUT2D eigenvalue weighted by Gasteiger charge is 2.54. The molecule has 0 spiro atoms. The summed E-state index contributed by atoms with van der Waals surface area (Å²) in [5, 5.41) is 10.5. The summed E-state index contributed by atoms with van der Waals surface area (Å²) in [6.07, 6.45) is 1.36. The largest absolute Gasteiger partial charge is 0.389 e. The molecule has 5 heteroatoms. The second-order valence-electron chi connectivity index (χ2n) is 5.96. The van der Waals surface area contributed by atoms with Gasteiger partial charge in [-0.15, -0.1) is 0 Å². The minimum Gasteiger partial charge on any atom is -0.389 e. The predicted octanol–water partition coefficient (Wildman–Crippen LogP) is 1.30. The van der Waals surface area contributed by atoms with Crippen LogP contribution in [0.25, 0.3) is 0 Å². The third kappa shape index (κ3) is 2.78. The quantitative estimate of drug-likeness (QED) is 0.848. The lowest BCUT2D eigenvalue weighted by atomic mass is 9.61. The maximum Gasteiger partial charge on any atom is 0.146 e. The van der Waals surface area contributed by atoms with Crippen molar-refractivity contribution in [2.75, 3.05) is 0 Å². The smallest absolute Gasteiger partial charge is 0.146 e. The molecule has 1 aromatic heterocycles. The van der Waals surface area contributed by atoms with Crippen molar-refractivity contribution < 1.29 is 19.5 Å². The fourth-order valence-electron chi connectivity index (χ4n) is 3.44. The average Bonchev–Trinajstić information content (AvgIpc) is 2.36. The zero-order chi connectivity index (χ0) is 15.8. The number of carbonyl (C=O) groups excluding carboxylic acids is 3. The standard InChI is InChI=1S/C16H19NO4/c1-9(18)13-12(20)8-16(3,21)15(10(2)19)14(13)11-6-4-5-7-17-11/h4-7,13-15,21H,8H2,1-3H3/t13-,14+,15-,16+/m1/s1. The first-order chi connectivity index (χ1) is 9.75. The predicted molar refractivity (Wildman–Crippen MR) is 75.6 cm³/mol. The monoisotopic (exact) mass is 289 g/mol. The van der Waals surface area contributed by atoms with Gasteiger partial charge in [-0.05, 0) is 32.9 Å². The van der Waals surface area contributed by atoms with Crippen molar-refractivity contribution in [3.8, 4) is 0 Å². The summed E-state index contributed by atoms with van der Waals surface area (Å²) in [7, 11) is 0. The molecule has 1 fully saturated rings. The van der Waals surface area contributed by atoms with Gasteiger partial charge in [0.2, 0.25) is 0 Å². The third-order valence-electron chi connectivity index (χ3n) is 4.17. The molecule has 0 aliphatic heterocycles. The lowest BCUT2D eigenvalue weighted by Crippen LogP contribution is -2.54. The normalized spacial score (nSPS) is 32.8. The molecule has 0 aromatic carbocycles. The lowest BCUT2D eigenvalue weighted by molar-refractivity contribution is -0.151. The molecule has 4 atom stereocenters. The van der Waals surface area contributed by atoms with E-state index in [1.807, 2.05) is 0 Å². The molecule has 1 aromatic rings. The number of Topliss-reactive ketones (excluding diaryl/α,β-unsaturated/α-hetero) is 3. The molecule has 112 valence electrons. The summed E-state index contributed by atoms with van der Waals surface area (Å²) in [5.41, 5.74) is -0.969. The number of hydrogen-bond donors (Lipinski definition) is 1. The molecule has 5 nitrogen and oxygen atoms in total. The molecule has 1 aliphatic rings. The average molecular weight is 289 g/mol. The molecule has 0 amide bonds. The van der Waals surface area contributed by atoms with Crippen molar-refractivity contribution in [1.29, 1.82) is 0 Å². The van der Waals surface area contributed by atoms with E-state index in [-0.39, 0.29) is 23.8 Å². The number of carbonyl (C=O) groups is 3. The van der Waals surface area contributed by atoms with Crippen LogP contribution < -0.4 is 0 Å². The molecule has 0 bridgehead atoms. The Morgan fingerprint density at radius 1 is 1.29 bits per heavy atom. The van der Waals surface area contributed by atoms with Crippen LogP contribution in [0.4, 0.5) is 0 Å². The number of hydrogen-bond acceptors (Lipinski definition) is 5. The Hall–Kier alpha value is -1.88. The molecule has 21 heavy (non-hydrogen) atoms. The first-order valence-corrected chi connectivity index (χ1v) is 6.92. The third-order valence-corrected chi connectivity index (χ3v) is 4.17. The number of aliphatic hydroxyl groups is 1. The Labute approximate surface area is 123 Å². The molecule has 1 aliphatic carbocycles. The number of ketones is 3. The van der Waals surface area contributed by atoms with Crippen LogP contribution in [0.2, 0.25) is 0 Å². The first-order valence-electron chi connectivity index (χ1n) is 6.92. The van der Waals surface area contributed by atoms with E-state index in [1.54, 1.807) is 24.4 Å². The highest BCUT2D eigenvalue weighted by molar-refractivity contribution is 6.04. The van der Waals surface area contributed by atoms with Crippen LogP contribution in [0.1, 0.15) is 38.8 Å². The number of pyridine rings is 1. The van der Waals surface area contributed by atoms with Crippen molar-refractivity contribution in [1.82, 2.24) is 4.98 Å². The molecular weight excluding hydrogens is 270 g/mol. The Bertz CT molecular complexity index is 579. The molecule has 2 rings (SSSR count). The van der Waals surface area contributed by atoms with E-state index in [4.69, 9.17) is 0 Å². The van der Waals surface area contributed by atoms with Crippen molar-refractivity contribution >= 4 is 17.3 Å². The summed E-state index contributed by atoms with van der Waals surface area (Å²) < 4.78 is 0. The molecule has 1 heterocycles. The van der Waals surface area contributed by atoms with Crippen LogP contribution in [0.15, 0.2) is 24.4 Å². The zero-order valence-corrected chi connectivity index (χ0v) is 12.4. The Balaban J connectivity index is 2.61. The van der Waals surface area contributed by atoms with Crippen LogP contribution in [0, 0.1) is 11.8 Å². The van der Waals surface area contributed by atoms with E-state index in [2.05, 4.69) is 4.98 Å². The van der Waals surface area contributed by atoms with Gasteiger partial charge in [0.15, 0.2) is 0 Å². The number of rotatable bonds is 3. The van der Waals surface area contributed by atoms with Crippen LogP contribution in [0.5, 0.6) is 0 Å². The van der Waals surface area contributed by atoms with Crippen molar-refractivity contribution in [3.05, 3.63) is 30.1 Å². The van der Waals surface area contributed by atoms with E-state index in [0.717, 1.165) is 0 Å². The summed E-state index contributed by atoms with van der Waals surface area (Å²) in [6, 6.07) is 5.15. The van der Waals surface area contributed by atoms with Gasteiger partial charge in [-0.2, -0.15) is 0 Å². The highest BCUT2D eigenvalue weighted by Crippen LogP contribution is 2.45. The van der Waals surface area contributed by atoms with Gasteiger partial charge in [0, 0.05) is 24.2 Å². The first kappa shape index (κ1) is 15.5. The Morgan fingerprint density at radius 2 is 1.95 bits per heavy atom. The highest BCUT2D eigenvalue weighted by atomic mass is 16.3. The fourth-order valence-corrected chi connectivity index (χ4v) is 3.44. The van der Waals surface area contributed by atoms with Crippen LogP contribution in [-0.2, 0) is 14.4 Å². The van der Waals surface area contributed by atoms with Gasteiger partial charge in [0.25, 0.3) is 0 Å². The minimum absolute atomic E-state index is 0.190. The summed E-state index contributed by atoms with van der Waals surface area (Å²) >= 11 is 0. The van der Waals surface area contributed by atoms with Gasteiger partial charge in [-0.25, -0.2) is 0 Å². The van der Waals surface area contributed by atoms with Crippen LogP contribution in [-0.4, -0.2) is 33.0 Å². The van der Waals surface area contributed by atoms with Gasteiger partial charge in [-0.1, -0.05) is 6.07 Å². The van der Waals surface area contributed by atoms with Gasteiger partial charge in [-0.3, -0.25) is 19.4 Å². The van der Waals surface area contributed by atoms with Gasteiger partial charge < -0.3 is 5.11 Å². The maximum atomic E-state index is 12.3. The van der Waals surface area contributed by atoms with Crippen molar-refractivity contribution in [2.24, 2.45) is 11.8 Å². The summed E-state index contributed by atoms with van der Waals surface area (Å²) in [5.74, 6) is -3.32. The van der Waals surface area contributed by atoms with Gasteiger partial charge in [0.05, 0.1) is 17.4 Å². The maximum absolute atomic E-state index is 12.3. The molecule has 0 radical (unpaired) electrons. The Kier molecular flexibility index (Phi) is 4.05. The van der Waals surface area contributed by atoms with E-state index < -0.39 is 23.4 Å². The van der Waals surface area contributed by atoms with Crippen molar-refractivity contribution in [3.63, 3.8) is 0 Å². The minimum atomic E-state index is -1.46. The molecule has 0 unspecified atom stereocenters.